The molecule has 4 atom stereocenters. The van der Waals surface area contributed by atoms with Gasteiger partial charge in [0.2, 0.25) is 0 Å². The number of ether oxygens (including phenoxy) is 4. The monoisotopic (exact) mass is 203 g/mol. The zero-order chi connectivity index (χ0) is 10.1. The number of amides is 1. The average molecular weight is 203 g/mol. The largest absolute Gasteiger partial charge is 0.453 e. The number of hydrogen-bond donors (Lipinski definition) is 1. The molecule has 2 heterocycles. The summed E-state index contributed by atoms with van der Waals surface area (Å²) in [6.07, 6.45) is -0.883. The molecule has 1 N–H and O–H groups in total. The van der Waals surface area contributed by atoms with E-state index in [1.165, 1.54) is 14.2 Å². The lowest BCUT2D eigenvalue weighted by Crippen LogP contribution is -2.52. The first-order valence-electron chi connectivity index (χ1n) is 4.40. The number of alkyl carbamates (subject to hydrolysis) is 1. The van der Waals surface area contributed by atoms with Crippen LogP contribution in [0.4, 0.5) is 4.79 Å². The van der Waals surface area contributed by atoms with Crippen LogP contribution in [0.5, 0.6) is 0 Å². The maximum Gasteiger partial charge on any atom is 0.407 e. The minimum absolute atomic E-state index is 0.00667. The molecule has 0 aromatic carbocycles. The van der Waals surface area contributed by atoms with Gasteiger partial charge in [0, 0.05) is 7.11 Å². The molecule has 2 aliphatic heterocycles. The van der Waals surface area contributed by atoms with E-state index in [2.05, 4.69) is 10.1 Å². The molecule has 0 spiro atoms. The molecule has 0 radical (unpaired) electrons. The van der Waals surface area contributed by atoms with Gasteiger partial charge in [-0.15, -0.1) is 0 Å². The third-order valence-electron chi connectivity index (χ3n) is 2.40. The highest BCUT2D eigenvalue weighted by Crippen LogP contribution is 2.33. The summed E-state index contributed by atoms with van der Waals surface area (Å²) in [5, 5.41) is 2.62. The summed E-state index contributed by atoms with van der Waals surface area (Å²) >= 11 is 0. The third kappa shape index (κ3) is 1.68. The molecule has 0 bridgehead atoms. The van der Waals surface area contributed by atoms with Gasteiger partial charge < -0.3 is 24.3 Å². The third-order valence-corrected chi connectivity index (χ3v) is 2.40. The van der Waals surface area contributed by atoms with E-state index in [9.17, 15) is 4.79 Å². The Balaban J connectivity index is 1.95. The van der Waals surface area contributed by atoms with E-state index in [1.54, 1.807) is 0 Å². The first-order valence-corrected chi connectivity index (χ1v) is 4.40. The summed E-state index contributed by atoms with van der Waals surface area (Å²) in [6, 6.07) is -0.286. The lowest BCUT2D eigenvalue weighted by Gasteiger charge is -2.27. The van der Waals surface area contributed by atoms with Crippen molar-refractivity contribution in [2.24, 2.45) is 0 Å². The molecule has 2 fully saturated rings. The molecule has 6 nitrogen and oxygen atoms in total. The van der Waals surface area contributed by atoms with Gasteiger partial charge in [-0.2, -0.15) is 0 Å². The molecule has 2 saturated heterocycles. The van der Waals surface area contributed by atoms with E-state index in [0.29, 0.717) is 6.61 Å². The van der Waals surface area contributed by atoms with Crippen LogP contribution in [0.3, 0.4) is 0 Å². The van der Waals surface area contributed by atoms with Crippen molar-refractivity contribution in [2.45, 2.75) is 24.5 Å². The van der Waals surface area contributed by atoms with E-state index < -0.39 is 12.4 Å². The summed E-state index contributed by atoms with van der Waals surface area (Å²) in [7, 11) is 2.84. The van der Waals surface area contributed by atoms with E-state index >= 15 is 0 Å². The zero-order valence-corrected chi connectivity index (χ0v) is 8.06. The second-order valence-electron chi connectivity index (χ2n) is 3.24. The molecule has 0 aliphatic carbocycles. The van der Waals surface area contributed by atoms with Gasteiger partial charge >= 0.3 is 6.09 Å². The minimum atomic E-state index is -0.503. The SMILES string of the molecule is COC(=O)NC1C(OC)OCC2OC21. The van der Waals surface area contributed by atoms with Crippen molar-refractivity contribution in [2.75, 3.05) is 20.8 Å². The highest BCUT2D eigenvalue weighted by molar-refractivity contribution is 5.67. The molecule has 0 aromatic heterocycles. The molecular formula is C8H13NO5. The Morgan fingerprint density at radius 1 is 1.50 bits per heavy atom. The summed E-state index contributed by atoms with van der Waals surface area (Å²) in [5.41, 5.74) is 0. The van der Waals surface area contributed by atoms with Crippen LogP contribution in [0.25, 0.3) is 0 Å². The Morgan fingerprint density at radius 2 is 2.29 bits per heavy atom. The second kappa shape index (κ2) is 3.72. The number of methoxy groups -OCH3 is 2. The Hall–Kier alpha value is -0.850. The maximum absolute atomic E-state index is 11.0. The van der Waals surface area contributed by atoms with Gasteiger partial charge in [0.05, 0.1) is 13.7 Å². The zero-order valence-electron chi connectivity index (χ0n) is 8.06. The molecular weight excluding hydrogens is 190 g/mol. The summed E-state index contributed by atoms with van der Waals surface area (Å²) in [4.78, 5) is 11.0. The van der Waals surface area contributed by atoms with Crippen molar-refractivity contribution in [3.05, 3.63) is 0 Å². The van der Waals surface area contributed by atoms with Gasteiger partial charge in [0.15, 0.2) is 6.29 Å². The van der Waals surface area contributed by atoms with Gasteiger partial charge in [-0.25, -0.2) is 4.79 Å². The molecule has 0 saturated carbocycles. The number of hydrogen-bond acceptors (Lipinski definition) is 5. The normalized spacial score (nSPS) is 39.9. The number of carbonyl (C=O) groups is 1. The molecule has 2 rings (SSSR count). The minimum Gasteiger partial charge on any atom is -0.453 e. The molecule has 14 heavy (non-hydrogen) atoms. The van der Waals surface area contributed by atoms with E-state index in [1.807, 2.05) is 0 Å². The first-order chi connectivity index (χ1) is 6.76. The first kappa shape index (κ1) is 9.70. The van der Waals surface area contributed by atoms with Gasteiger partial charge in [0.25, 0.3) is 0 Å². The van der Waals surface area contributed by atoms with E-state index in [4.69, 9.17) is 14.2 Å². The highest BCUT2D eigenvalue weighted by Gasteiger charge is 2.53. The Labute approximate surface area is 81.4 Å². The highest BCUT2D eigenvalue weighted by atomic mass is 16.7. The van der Waals surface area contributed by atoms with Crippen LogP contribution >= 0.6 is 0 Å². The molecule has 6 heteroatoms. The predicted octanol–water partition coefficient (Wildman–Crippen LogP) is -0.519. The molecule has 2 aliphatic rings. The summed E-state index contributed by atoms with van der Waals surface area (Å²) in [5.74, 6) is 0. The second-order valence-corrected chi connectivity index (χ2v) is 3.24. The van der Waals surface area contributed by atoms with Crippen molar-refractivity contribution in [1.82, 2.24) is 5.32 Å². The topological polar surface area (TPSA) is 69.3 Å². The van der Waals surface area contributed by atoms with Crippen LogP contribution in [0.1, 0.15) is 0 Å². The van der Waals surface area contributed by atoms with Gasteiger partial charge in [-0.05, 0) is 0 Å². The molecule has 4 unspecified atom stereocenters. The quantitative estimate of drug-likeness (QED) is 0.611. The van der Waals surface area contributed by atoms with Crippen molar-refractivity contribution >= 4 is 6.09 Å². The lowest BCUT2D eigenvalue weighted by atomic mass is 10.1. The molecule has 0 aromatic rings. The van der Waals surface area contributed by atoms with Crippen molar-refractivity contribution in [3.63, 3.8) is 0 Å². The number of fused-ring (bicyclic) bond motifs is 1. The lowest BCUT2D eigenvalue weighted by molar-refractivity contribution is -0.152. The number of nitrogens with one attached hydrogen (secondary N) is 1. The van der Waals surface area contributed by atoms with Crippen molar-refractivity contribution < 1.29 is 23.7 Å². The van der Waals surface area contributed by atoms with Crippen LogP contribution in [0, 0.1) is 0 Å². The van der Waals surface area contributed by atoms with Gasteiger partial charge in [0.1, 0.15) is 18.2 Å². The summed E-state index contributed by atoms with van der Waals surface area (Å²) < 4.78 is 20.2. The fraction of sp³-hybridized carbons (Fsp3) is 0.875. The standard InChI is InChI=1S/C8H13NO5/c1-11-7-5(9-8(10)12-2)6-4(14-6)3-13-7/h4-7H,3H2,1-2H3,(H,9,10). The molecule has 1 amide bonds. The summed E-state index contributed by atoms with van der Waals surface area (Å²) in [6.45, 7) is 0.516. The van der Waals surface area contributed by atoms with E-state index in [-0.39, 0.29) is 18.2 Å². The Kier molecular flexibility index (Phi) is 2.58. The average Bonchev–Trinajstić information content (AvgIpc) is 2.97. The fourth-order valence-electron chi connectivity index (χ4n) is 1.61. The fourth-order valence-corrected chi connectivity index (χ4v) is 1.61. The van der Waals surface area contributed by atoms with Gasteiger partial charge in [-0.3, -0.25) is 0 Å². The Morgan fingerprint density at radius 3 is 2.93 bits per heavy atom. The van der Waals surface area contributed by atoms with Crippen molar-refractivity contribution in [1.29, 1.82) is 0 Å². The number of rotatable bonds is 2. The molecule has 80 valence electrons. The van der Waals surface area contributed by atoms with Crippen molar-refractivity contribution in [3.8, 4) is 0 Å². The van der Waals surface area contributed by atoms with Crippen LogP contribution in [-0.4, -0.2) is 51.5 Å². The maximum atomic E-state index is 11.0. The van der Waals surface area contributed by atoms with Crippen LogP contribution in [0.2, 0.25) is 0 Å². The predicted molar refractivity (Wildman–Crippen MR) is 44.7 cm³/mol. The van der Waals surface area contributed by atoms with Crippen LogP contribution in [-0.2, 0) is 18.9 Å². The van der Waals surface area contributed by atoms with E-state index in [0.717, 1.165) is 0 Å². The van der Waals surface area contributed by atoms with Crippen LogP contribution < -0.4 is 5.32 Å². The number of carbonyl (C=O) groups excluding carboxylic acids is 1. The Bertz CT molecular complexity index is 234. The van der Waals surface area contributed by atoms with Gasteiger partial charge in [-0.1, -0.05) is 0 Å². The number of epoxide rings is 1. The smallest absolute Gasteiger partial charge is 0.407 e. The van der Waals surface area contributed by atoms with Crippen LogP contribution in [0.15, 0.2) is 0 Å².